The molecule has 1 nitrogen and oxygen atoms in total. The van der Waals surface area contributed by atoms with Crippen molar-refractivity contribution in [3.8, 4) is 0 Å². The Hall–Kier alpha value is -0.0400. The van der Waals surface area contributed by atoms with Gasteiger partial charge in [0.1, 0.15) is 0 Å². The average molecular weight is 180 g/mol. The lowest BCUT2D eigenvalue weighted by molar-refractivity contribution is 0.0725. The highest BCUT2D eigenvalue weighted by atomic mass is 16.5. The van der Waals surface area contributed by atoms with Crippen molar-refractivity contribution in [3.05, 3.63) is 0 Å². The van der Waals surface area contributed by atoms with E-state index in [1.165, 1.54) is 6.42 Å². The van der Waals surface area contributed by atoms with Gasteiger partial charge in [-0.05, 0) is 62.7 Å². The van der Waals surface area contributed by atoms with E-state index in [4.69, 9.17) is 4.74 Å². The van der Waals surface area contributed by atoms with E-state index in [0.29, 0.717) is 6.10 Å². The molecule has 0 amide bonds. The lowest BCUT2D eigenvalue weighted by Crippen LogP contribution is -2.04. The molecule has 3 aliphatic carbocycles. The zero-order valence-electron chi connectivity index (χ0n) is 8.81. The molecule has 3 saturated carbocycles. The Morgan fingerprint density at radius 2 is 1.69 bits per heavy atom. The van der Waals surface area contributed by atoms with E-state index in [9.17, 15) is 0 Å². The minimum Gasteiger partial charge on any atom is -0.379 e. The van der Waals surface area contributed by atoms with E-state index in [1.54, 1.807) is 25.7 Å². The summed E-state index contributed by atoms with van der Waals surface area (Å²) >= 11 is 0. The maximum Gasteiger partial charge on any atom is 0.0518 e. The second-order valence-electron chi connectivity index (χ2n) is 5.57. The second kappa shape index (κ2) is 2.31. The second-order valence-corrected chi connectivity index (χ2v) is 5.57. The normalized spacial score (nSPS) is 35.8. The number of ether oxygens (including phenoxy) is 1. The summed E-state index contributed by atoms with van der Waals surface area (Å²) in [5, 5.41) is 0. The third kappa shape index (κ3) is 0.971. The topological polar surface area (TPSA) is 9.23 Å². The molecular weight excluding hydrogens is 160 g/mol. The van der Waals surface area contributed by atoms with Crippen LogP contribution in [0.2, 0.25) is 0 Å². The fourth-order valence-electron chi connectivity index (χ4n) is 3.78. The first-order chi connectivity index (χ1) is 6.21. The quantitative estimate of drug-likeness (QED) is 0.646. The highest BCUT2D eigenvalue weighted by Gasteiger charge is 2.85. The molecule has 0 aromatic rings. The van der Waals surface area contributed by atoms with Crippen molar-refractivity contribution in [2.24, 2.45) is 16.7 Å². The Labute approximate surface area is 80.8 Å². The van der Waals surface area contributed by atoms with Gasteiger partial charge in [-0.1, -0.05) is 0 Å². The summed E-state index contributed by atoms with van der Waals surface area (Å²) in [6.45, 7) is 5.27. The monoisotopic (exact) mass is 180 g/mol. The van der Waals surface area contributed by atoms with E-state index >= 15 is 0 Å². The van der Waals surface area contributed by atoms with Crippen LogP contribution < -0.4 is 0 Å². The Morgan fingerprint density at radius 1 is 1.15 bits per heavy atom. The van der Waals surface area contributed by atoms with Crippen LogP contribution in [0.1, 0.15) is 46.0 Å². The van der Waals surface area contributed by atoms with E-state index in [2.05, 4.69) is 13.8 Å². The van der Waals surface area contributed by atoms with Crippen molar-refractivity contribution in [1.29, 1.82) is 0 Å². The van der Waals surface area contributed by atoms with Gasteiger partial charge in [-0.25, -0.2) is 0 Å². The highest BCUT2D eigenvalue weighted by molar-refractivity contribution is 5.34. The van der Waals surface area contributed by atoms with Crippen molar-refractivity contribution < 1.29 is 4.74 Å². The van der Waals surface area contributed by atoms with E-state index in [0.717, 1.165) is 23.4 Å². The first kappa shape index (κ1) is 8.28. The van der Waals surface area contributed by atoms with Gasteiger partial charge in [-0.2, -0.15) is 0 Å². The van der Waals surface area contributed by atoms with Crippen LogP contribution in [0, 0.1) is 16.7 Å². The van der Waals surface area contributed by atoms with Crippen LogP contribution in [0.15, 0.2) is 0 Å². The molecule has 3 rings (SSSR count). The van der Waals surface area contributed by atoms with Gasteiger partial charge in [0.15, 0.2) is 0 Å². The predicted octanol–water partition coefficient (Wildman–Crippen LogP) is 2.99. The van der Waals surface area contributed by atoms with Gasteiger partial charge in [0, 0.05) is 6.61 Å². The minimum atomic E-state index is 0.420. The molecule has 0 saturated heterocycles. The van der Waals surface area contributed by atoms with Crippen molar-refractivity contribution in [2.45, 2.75) is 52.1 Å². The van der Waals surface area contributed by atoms with Gasteiger partial charge < -0.3 is 4.74 Å². The number of hydrogen-bond donors (Lipinski definition) is 0. The molecule has 0 heterocycles. The molecule has 74 valence electrons. The zero-order valence-corrected chi connectivity index (χ0v) is 8.81. The smallest absolute Gasteiger partial charge is 0.0518 e. The number of rotatable bonds is 4. The summed E-state index contributed by atoms with van der Waals surface area (Å²) in [5.41, 5.74) is 1.76. The standard InChI is InChI=1S/C12H20O/c1-9(2)13-8-3-10-11(4-5-11)12(10)6-7-12/h9-10H,3-8H2,1-2H3. The molecule has 1 heteroatoms. The molecule has 0 bridgehead atoms. The Bertz CT molecular complexity index is 205. The van der Waals surface area contributed by atoms with Crippen LogP contribution >= 0.6 is 0 Å². The highest BCUT2D eigenvalue weighted by Crippen LogP contribution is 2.93. The lowest BCUT2D eigenvalue weighted by Gasteiger charge is -2.06. The van der Waals surface area contributed by atoms with Crippen LogP contribution in [-0.2, 0) is 4.74 Å². The van der Waals surface area contributed by atoms with Gasteiger partial charge in [0.05, 0.1) is 6.10 Å². The van der Waals surface area contributed by atoms with Gasteiger partial charge >= 0.3 is 0 Å². The molecule has 0 aromatic heterocycles. The van der Waals surface area contributed by atoms with Crippen molar-refractivity contribution >= 4 is 0 Å². The maximum absolute atomic E-state index is 5.63. The van der Waals surface area contributed by atoms with E-state index in [-0.39, 0.29) is 0 Å². The van der Waals surface area contributed by atoms with Crippen LogP contribution in [0.5, 0.6) is 0 Å². The molecule has 3 fully saturated rings. The Balaban J connectivity index is 1.48. The lowest BCUT2D eigenvalue weighted by atomic mass is 10.2. The zero-order chi connectivity index (χ0) is 9.10. The summed E-state index contributed by atoms with van der Waals surface area (Å²) in [7, 11) is 0. The molecule has 0 aliphatic heterocycles. The van der Waals surface area contributed by atoms with Crippen molar-refractivity contribution in [2.75, 3.05) is 6.61 Å². The average Bonchev–Trinajstić information content (AvgIpc) is 2.92. The summed E-state index contributed by atoms with van der Waals surface area (Å²) in [4.78, 5) is 0. The Kier molecular flexibility index (Phi) is 1.47. The summed E-state index contributed by atoms with van der Waals surface area (Å²) in [5.74, 6) is 1.07. The van der Waals surface area contributed by atoms with Gasteiger partial charge in [-0.3, -0.25) is 0 Å². The summed E-state index contributed by atoms with van der Waals surface area (Å²) in [6, 6.07) is 0. The van der Waals surface area contributed by atoms with Crippen LogP contribution in [0.3, 0.4) is 0 Å². The van der Waals surface area contributed by atoms with Gasteiger partial charge in [0.25, 0.3) is 0 Å². The van der Waals surface area contributed by atoms with Crippen LogP contribution in [0.25, 0.3) is 0 Å². The van der Waals surface area contributed by atoms with Crippen molar-refractivity contribution in [1.82, 2.24) is 0 Å². The van der Waals surface area contributed by atoms with Gasteiger partial charge in [0.2, 0.25) is 0 Å². The summed E-state index contributed by atoms with van der Waals surface area (Å²) in [6.07, 6.45) is 7.93. The molecule has 0 N–H and O–H groups in total. The molecule has 0 atom stereocenters. The van der Waals surface area contributed by atoms with E-state index in [1.807, 2.05) is 0 Å². The largest absolute Gasteiger partial charge is 0.379 e. The molecular formula is C12H20O. The molecule has 0 radical (unpaired) electrons. The molecule has 2 spiro atoms. The number of hydrogen-bond acceptors (Lipinski definition) is 1. The van der Waals surface area contributed by atoms with Crippen molar-refractivity contribution in [3.63, 3.8) is 0 Å². The van der Waals surface area contributed by atoms with Gasteiger partial charge in [-0.15, -0.1) is 0 Å². The summed E-state index contributed by atoms with van der Waals surface area (Å²) < 4.78 is 5.63. The first-order valence-electron chi connectivity index (χ1n) is 5.83. The number of fused-ring (bicyclic) bond motifs is 1. The first-order valence-corrected chi connectivity index (χ1v) is 5.83. The fraction of sp³-hybridized carbons (Fsp3) is 1.00. The SMILES string of the molecule is CC(C)OCCC1C2(CC2)C12CC2. The predicted molar refractivity (Wildman–Crippen MR) is 52.5 cm³/mol. The maximum atomic E-state index is 5.63. The van der Waals surface area contributed by atoms with Crippen LogP contribution in [-0.4, -0.2) is 12.7 Å². The van der Waals surface area contributed by atoms with E-state index < -0.39 is 0 Å². The molecule has 3 aliphatic rings. The third-order valence-electron chi connectivity index (χ3n) is 4.68. The van der Waals surface area contributed by atoms with Crippen LogP contribution in [0.4, 0.5) is 0 Å². The molecule has 0 aromatic carbocycles. The molecule has 0 unspecified atom stereocenters. The molecule has 13 heavy (non-hydrogen) atoms. The fourth-order valence-corrected chi connectivity index (χ4v) is 3.78. The Morgan fingerprint density at radius 3 is 2.08 bits per heavy atom. The third-order valence-corrected chi connectivity index (χ3v) is 4.68. The minimum absolute atomic E-state index is 0.420.